The number of H-pyrrole nitrogens is 2. The summed E-state index contributed by atoms with van der Waals surface area (Å²) in [6, 6.07) is 4.67. The number of carbonyl (C=O) groups is 1. The average Bonchev–Trinajstić information content (AvgIpc) is 2.60. The molecule has 0 atom stereocenters. The van der Waals surface area contributed by atoms with Crippen LogP contribution in [0.25, 0.3) is 0 Å². The van der Waals surface area contributed by atoms with Crippen molar-refractivity contribution in [1.29, 1.82) is 0 Å². The molecule has 0 saturated carbocycles. The zero-order valence-corrected chi connectivity index (χ0v) is 13.9. The quantitative estimate of drug-likeness (QED) is 0.313. The Morgan fingerprint density at radius 3 is 2.96 bits per heavy atom. The number of hydrogen-bond donors (Lipinski definition) is 5. The summed E-state index contributed by atoms with van der Waals surface area (Å²) in [5.41, 5.74) is 1.57. The molecule has 0 bridgehead atoms. The van der Waals surface area contributed by atoms with Crippen LogP contribution in [0.2, 0.25) is 0 Å². The number of aromatic amines is 2. The summed E-state index contributed by atoms with van der Waals surface area (Å²) in [7, 11) is 0. The minimum absolute atomic E-state index is 0.0185. The summed E-state index contributed by atoms with van der Waals surface area (Å²) in [5.74, 6) is -0.137. The van der Waals surface area contributed by atoms with Gasteiger partial charge in [-0.3, -0.25) is 14.6 Å². The van der Waals surface area contributed by atoms with Gasteiger partial charge in [-0.1, -0.05) is 0 Å². The van der Waals surface area contributed by atoms with Gasteiger partial charge in [0.05, 0.1) is 12.8 Å². The maximum atomic E-state index is 11.7. The molecule has 1 aromatic carbocycles. The van der Waals surface area contributed by atoms with Crippen LogP contribution < -0.4 is 26.7 Å². The maximum absolute atomic E-state index is 11.7. The fourth-order valence-electron chi connectivity index (χ4n) is 1.88. The highest BCUT2D eigenvalue weighted by Crippen LogP contribution is 2.26. The van der Waals surface area contributed by atoms with Crippen LogP contribution in [0.15, 0.2) is 32.9 Å². The number of anilines is 1. The molecule has 1 amide bonds. The number of rotatable bonds is 8. The number of carbonyl (C=O) groups excluding carboxylic acids is 1. The molecule has 0 spiro atoms. The monoisotopic (exact) mass is 362 g/mol. The van der Waals surface area contributed by atoms with Gasteiger partial charge < -0.3 is 15.2 Å². The van der Waals surface area contributed by atoms with Crippen LogP contribution in [-0.4, -0.2) is 45.6 Å². The first-order valence-corrected chi connectivity index (χ1v) is 7.70. The first kappa shape index (κ1) is 18.7. The minimum Gasteiger partial charge on any atom is -0.504 e. The number of benzene rings is 1. The van der Waals surface area contributed by atoms with Crippen molar-refractivity contribution in [2.75, 3.05) is 18.5 Å². The normalized spacial score (nSPS) is 10.7. The predicted octanol–water partition coefficient (Wildman–Crippen LogP) is -0.485. The second kappa shape index (κ2) is 9.01. The Labute approximate surface area is 147 Å². The lowest BCUT2D eigenvalue weighted by Crippen LogP contribution is -2.28. The van der Waals surface area contributed by atoms with Gasteiger partial charge in [0.15, 0.2) is 11.5 Å². The Morgan fingerprint density at radius 2 is 2.23 bits per heavy atom. The number of ether oxygens (including phenoxy) is 1. The number of aromatic nitrogens is 3. The van der Waals surface area contributed by atoms with E-state index >= 15 is 0 Å². The van der Waals surface area contributed by atoms with Gasteiger partial charge in [-0.2, -0.15) is 5.10 Å². The summed E-state index contributed by atoms with van der Waals surface area (Å²) < 4.78 is 5.25. The van der Waals surface area contributed by atoms with E-state index in [4.69, 9.17) is 4.74 Å². The van der Waals surface area contributed by atoms with Gasteiger partial charge in [0.25, 0.3) is 5.56 Å². The molecule has 26 heavy (non-hydrogen) atoms. The molecule has 5 N–H and O–H groups in total. The maximum Gasteiger partial charge on any atom is 0.342 e. The standard InChI is InChI=1S/C15H18N6O5/c1-2-26-11-7-9(3-4-10(11)22)8-17-19-12(23)5-6-16-13-14(24)18-15(25)21-20-13/h3-4,7-8,22H,2,5-6H2,1H3,(H,16,20)(H,19,23)(H2,18,21,24,25)/b17-8-. The molecule has 11 heteroatoms. The van der Waals surface area contributed by atoms with Crippen molar-refractivity contribution in [2.24, 2.45) is 5.10 Å². The molecule has 0 fully saturated rings. The lowest BCUT2D eigenvalue weighted by Gasteiger charge is -2.06. The second-order valence-electron chi connectivity index (χ2n) is 4.99. The number of hydrogen-bond acceptors (Lipinski definition) is 8. The Hall–Kier alpha value is -3.63. The van der Waals surface area contributed by atoms with Crippen molar-refractivity contribution in [3.8, 4) is 11.5 Å². The van der Waals surface area contributed by atoms with Gasteiger partial charge in [0.2, 0.25) is 11.7 Å². The lowest BCUT2D eigenvalue weighted by molar-refractivity contribution is -0.120. The van der Waals surface area contributed by atoms with Crippen molar-refractivity contribution in [1.82, 2.24) is 20.6 Å². The molecule has 0 saturated heterocycles. The number of nitrogens with one attached hydrogen (secondary N) is 4. The summed E-state index contributed by atoms with van der Waals surface area (Å²) >= 11 is 0. The highest BCUT2D eigenvalue weighted by Gasteiger charge is 2.04. The van der Waals surface area contributed by atoms with E-state index in [1.807, 2.05) is 4.98 Å². The Morgan fingerprint density at radius 1 is 1.42 bits per heavy atom. The van der Waals surface area contributed by atoms with Crippen LogP contribution in [0.5, 0.6) is 11.5 Å². The van der Waals surface area contributed by atoms with E-state index in [1.165, 1.54) is 12.3 Å². The van der Waals surface area contributed by atoms with Gasteiger partial charge in [0.1, 0.15) is 0 Å². The van der Waals surface area contributed by atoms with Crippen LogP contribution in [-0.2, 0) is 4.79 Å². The summed E-state index contributed by atoms with van der Waals surface area (Å²) in [6.07, 6.45) is 1.43. The summed E-state index contributed by atoms with van der Waals surface area (Å²) in [5, 5.41) is 21.6. The van der Waals surface area contributed by atoms with Crippen molar-refractivity contribution >= 4 is 17.9 Å². The van der Waals surface area contributed by atoms with Gasteiger partial charge >= 0.3 is 5.69 Å². The van der Waals surface area contributed by atoms with Crippen LogP contribution in [0.3, 0.4) is 0 Å². The number of phenolic OH excluding ortho intramolecular Hbond substituents is 1. The Bertz CT molecular complexity index is 904. The smallest absolute Gasteiger partial charge is 0.342 e. The number of aromatic hydroxyl groups is 1. The molecule has 0 unspecified atom stereocenters. The summed E-state index contributed by atoms with van der Waals surface area (Å²) in [4.78, 5) is 35.9. The zero-order chi connectivity index (χ0) is 18.9. The Kier molecular flexibility index (Phi) is 6.48. The molecular weight excluding hydrogens is 344 g/mol. The molecular formula is C15H18N6O5. The van der Waals surface area contributed by atoms with Crippen molar-refractivity contribution in [3.63, 3.8) is 0 Å². The van der Waals surface area contributed by atoms with Gasteiger partial charge in [-0.05, 0) is 30.7 Å². The first-order valence-electron chi connectivity index (χ1n) is 7.70. The topological polar surface area (TPSA) is 162 Å². The third-order valence-corrected chi connectivity index (χ3v) is 3.04. The zero-order valence-electron chi connectivity index (χ0n) is 13.9. The van der Waals surface area contributed by atoms with E-state index < -0.39 is 17.2 Å². The van der Waals surface area contributed by atoms with E-state index in [0.29, 0.717) is 17.9 Å². The van der Waals surface area contributed by atoms with Crippen LogP contribution >= 0.6 is 0 Å². The Balaban J connectivity index is 1.81. The third-order valence-electron chi connectivity index (χ3n) is 3.04. The largest absolute Gasteiger partial charge is 0.504 e. The molecule has 0 aliphatic rings. The number of phenols is 1. The fraction of sp³-hybridized carbons (Fsp3) is 0.267. The van der Waals surface area contributed by atoms with Crippen LogP contribution in [0.1, 0.15) is 18.9 Å². The lowest BCUT2D eigenvalue weighted by atomic mass is 10.2. The highest BCUT2D eigenvalue weighted by atomic mass is 16.5. The molecule has 0 radical (unpaired) electrons. The number of nitrogens with zero attached hydrogens (tertiary/aromatic N) is 2. The molecule has 11 nitrogen and oxygen atoms in total. The average molecular weight is 362 g/mol. The van der Waals surface area contributed by atoms with Crippen molar-refractivity contribution < 1.29 is 14.6 Å². The highest BCUT2D eigenvalue weighted by molar-refractivity contribution is 5.83. The van der Waals surface area contributed by atoms with E-state index in [2.05, 4.69) is 26.0 Å². The van der Waals surface area contributed by atoms with E-state index in [1.54, 1.807) is 19.1 Å². The van der Waals surface area contributed by atoms with Crippen molar-refractivity contribution in [2.45, 2.75) is 13.3 Å². The summed E-state index contributed by atoms with van der Waals surface area (Å²) in [6.45, 7) is 2.33. The van der Waals surface area contributed by atoms with E-state index in [0.717, 1.165) is 0 Å². The predicted molar refractivity (Wildman–Crippen MR) is 93.6 cm³/mol. The van der Waals surface area contributed by atoms with Gasteiger partial charge in [-0.15, -0.1) is 5.10 Å². The van der Waals surface area contributed by atoms with E-state index in [9.17, 15) is 19.5 Å². The van der Waals surface area contributed by atoms with Gasteiger partial charge in [-0.25, -0.2) is 15.3 Å². The molecule has 2 aromatic rings. The minimum atomic E-state index is -0.714. The fourth-order valence-corrected chi connectivity index (χ4v) is 1.88. The second-order valence-corrected chi connectivity index (χ2v) is 4.99. The first-order chi connectivity index (χ1) is 12.5. The molecule has 1 heterocycles. The number of hydrazone groups is 1. The van der Waals surface area contributed by atoms with Crippen molar-refractivity contribution in [3.05, 3.63) is 44.6 Å². The van der Waals surface area contributed by atoms with Crippen LogP contribution in [0.4, 0.5) is 5.82 Å². The molecule has 2 rings (SSSR count). The van der Waals surface area contributed by atoms with E-state index in [-0.39, 0.29) is 24.5 Å². The number of amides is 1. The molecule has 1 aromatic heterocycles. The van der Waals surface area contributed by atoms with Gasteiger partial charge in [0, 0.05) is 13.0 Å². The SMILES string of the molecule is CCOc1cc(/C=N\NC(=O)CCNc2n[nH]c(=O)[nH]c2=O)ccc1O. The van der Waals surface area contributed by atoms with Crippen LogP contribution in [0, 0.1) is 0 Å². The molecule has 0 aliphatic heterocycles. The third kappa shape index (κ3) is 5.47. The molecule has 0 aliphatic carbocycles. The molecule has 138 valence electrons.